The fraction of sp³-hybridized carbons (Fsp3) is 0. The second-order valence-corrected chi connectivity index (χ2v) is 4.51. The lowest BCUT2D eigenvalue weighted by molar-refractivity contribution is 1.47. The molecule has 0 heterocycles. The van der Waals surface area contributed by atoms with Crippen molar-refractivity contribution in [2.24, 2.45) is 0 Å². The third-order valence-electron chi connectivity index (χ3n) is 2.38. The van der Waals surface area contributed by atoms with Crippen LogP contribution in [-0.4, -0.2) is 0 Å². The van der Waals surface area contributed by atoms with Crippen molar-refractivity contribution in [3.8, 4) is 6.07 Å². The van der Waals surface area contributed by atoms with E-state index >= 15 is 0 Å². The molecule has 0 saturated heterocycles. The first-order chi connectivity index (χ1) is 8.60. The summed E-state index contributed by atoms with van der Waals surface area (Å²) >= 11 is 11.9. The molecule has 0 aliphatic rings. The Kier molecular flexibility index (Phi) is 3.61. The summed E-state index contributed by atoms with van der Waals surface area (Å²) in [7, 11) is 0. The van der Waals surface area contributed by atoms with Crippen LogP contribution in [0.1, 0.15) is 5.56 Å². The number of nitrogens with two attached hydrogens (primary N) is 1. The van der Waals surface area contributed by atoms with E-state index in [4.69, 9.17) is 34.2 Å². The molecule has 0 unspecified atom stereocenters. The number of nitrogens with zero attached hydrogens (tertiary/aromatic N) is 1. The number of benzene rings is 2. The standard InChI is InChI=1S/C13H9Cl2N3/c14-9-2-3-10(15)12(6-9)18-13-5-8(7-16)1-4-11(13)17/h1-6,18H,17H2. The van der Waals surface area contributed by atoms with Gasteiger partial charge >= 0.3 is 0 Å². The van der Waals surface area contributed by atoms with Gasteiger partial charge in [-0.25, -0.2) is 0 Å². The van der Waals surface area contributed by atoms with Crippen molar-refractivity contribution in [1.82, 2.24) is 0 Å². The highest BCUT2D eigenvalue weighted by Gasteiger charge is 2.05. The summed E-state index contributed by atoms with van der Waals surface area (Å²) in [6, 6.07) is 12.1. The van der Waals surface area contributed by atoms with Gasteiger partial charge in [-0.15, -0.1) is 0 Å². The summed E-state index contributed by atoms with van der Waals surface area (Å²) in [6.45, 7) is 0. The molecule has 90 valence electrons. The summed E-state index contributed by atoms with van der Waals surface area (Å²) in [4.78, 5) is 0. The number of hydrogen-bond donors (Lipinski definition) is 2. The summed E-state index contributed by atoms with van der Waals surface area (Å²) in [5.41, 5.74) is 8.15. The average molecular weight is 278 g/mol. The lowest BCUT2D eigenvalue weighted by Crippen LogP contribution is -1.97. The molecule has 0 bridgehead atoms. The van der Waals surface area contributed by atoms with Crippen LogP contribution >= 0.6 is 23.2 Å². The van der Waals surface area contributed by atoms with Crippen LogP contribution in [0.3, 0.4) is 0 Å². The molecule has 0 atom stereocenters. The summed E-state index contributed by atoms with van der Waals surface area (Å²) in [6.07, 6.45) is 0. The van der Waals surface area contributed by atoms with Crippen molar-refractivity contribution in [1.29, 1.82) is 5.26 Å². The minimum absolute atomic E-state index is 0.518. The second-order valence-electron chi connectivity index (χ2n) is 3.66. The minimum atomic E-state index is 0.518. The van der Waals surface area contributed by atoms with Crippen molar-refractivity contribution in [3.63, 3.8) is 0 Å². The van der Waals surface area contributed by atoms with E-state index in [2.05, 4.69) is 11.4 Å². The average Bonchev–Trinajstić information content (AvgIpc) is 2.36. The number of halogens is 2. The Balaban J connectivity index is 2.39. The van der Waals surface area contributed by atoms with Crippen molar-refractivity contribution in [3.05, 3.63) is 52.0 Å². The Labute approximate surface area is 115 Å². The Morgan fingerprint density at radius 3 is 2.56 bits per heavy atom. The van der Waals surface area contributed by atoms with Crippen LogP contribution in [0.15, 0.2) is 36.4 Å². The quantitative estimate of drug-likeness (QED) is 0.809. The highest BCUT2D eigenvalue weighted by molar-refractivity contribution is 6.35. The van der Waals surface area contributed by atoms with Gasteiger partial charge in [0.05, 0.1) is 33.7 Å². The molecule has 0 spiro atoms. The van der Waals surface area contributed by atoms with Gasteiger partial charge < -0.3 is 11.1 Å². The normalized spacial score (nSPS) is 9.83. The van der Waals surface area contributed by atoms with E-state index in [0.29, 0.717) is 32.7 Å². The largest absolute Gasteiger partial charge is 0.397 e. The fourth-order valence-electron chi connectivity index (χ4n) is 1.47. The second kappa shape index (κ2) is 5.18. The smallest absolute Gasteiger partial charge is 0.0992 e. The van der Waals surface area contributed by atoms with Crippen molar-refractivity contribution >= 4 is 40.3 Å². The molecule has 5 heteroatoms. The van der Waals surface area contributed by atoms with E-state index < -0.39 is 0 Å². The summed E-state index contributed by atoms with van der Waals surface area (Å²) in [5, 5.41) is 13.0. The van der Waals surface area contributed by atoms with Crippen molar-refractivity contribution in [2.75, 3.05) is 11.1 Å². The topological polar surface area (TPSA) is 61.8 Å². The first kappa shape index (κ1) is 12.6. The molecule has 3 nitrogen and oxygen atoms in total. The number of nitrogens with one attached hydrogen (secondary N) is 1. The molecule has 0 radical (unpaired) electrons. The van der Waals surface area contributed by atoms with Gasteiger partial charge in [0, 0.05) is 5.02 Å². The molecule has 2 rings (SSSR count). The zero-order chi connectivity index (χ0) is 13.1. The molecular weight excluding hydrogens is 269 g/mol. The number of nitriles is 1. The number of anilines is 3. The number of nitrogen functional groups attached to an aromatic ring is 1. The van der Waals surface area contributed by atoms with Gasteiger partial charge in [-0.2, -0.15) is 5.26 Å². The van der Waals surface area contributed by atoms with E-state index in [1.165, 1.54) is 0 Å². The Hall–Kier alpha value is -1.89. The molecule has 2 aromatic carbocycles. The fourth-order valence-corrected chi connectivity index (χ4v) is 1.81. The van der Waals surface area contributed by atoms with Crippen LogP contribution in [0.4, 0.5) is 17.1 Å². The first-order valence-electron chi connectivity index (χ1n) is 5.12. The maximum absolute atomic E-state index is 8.85. The minimum Gasteiger partial charge on any atom is -0.397 e. The summed E-state index contributed by atoms with van der Waals surface area (Å²) < 4.78 is 0. The van der Waals surface area contributed by atoms with Crippen LogP contribution in [0, 0.1) is 11.3 Å². The Morgan fingerprint density at radius 1 is 1.06 bits per heavy atom. The van der Waals surface area contributed by atoms with Crippen LogP contribution in [0.2, 0.25) is 10.0 Å². The van der Waals surface area contributed by atoms with E-state index in [1.807, 2.05) is 0 Å². The van der Waals surface area contributed by atoms with Gasteiger partial charge in [-0.1, -0.05) is 23.2 Å². The predicted octanol–water partition coefficient (Wildman–Crippen LogP) is 4.19. The molecule has 3 N–H and O–H groups in total. The highest BCUT2D eigenvalue weighted by Crippen LogP contribution is 2.31. The maximum Gasteiger partial charge on any atom is 0.0992 e. The first-order valence-corrected chi connectivity index (χ1v) is 5.87. The van der Waals surface area contributed by atoms with Crippen LogP contribution in [-0.2, 0) is 0 Å². The van der Waals surface area contributed by atoms with Crippen LogP contribution < -0.4 is 11.1 Å². The highest BCUT2D eigenvalue weighted by atomic mass is 35.5. The van der Waals surface area contributed by atoms with Gasteiger partial charge in [-0.3, -0.25) is 0 Å². The third kappa shape index (κ3) is 2.67. The molecule has 18 heavy (non-hydrogen) atoms. The van der Waals surface area contributed by atoms with Crippen LogP contribution in [0.5, 0.6) is 0 Å². The molecular formula is C13H9Cl2N3. The van der Waals surface area contributed by atoms with Crippen LogP contribution in [0.25, 0.3) is 0 Å². The van der Waals surface area contributed by atoms with Crippen molar-refractivity contribution in [2.45, 2.75) is 0 Å². The van der Waals surface area contributed by atoms with E-state index in [9.17, 15) is 0 Å². The molecule has 0 fully saturated rings. The van der Waals surface area contributed by atoms with E-state index in [-0.39, 0.29) is 0 Å². The Bertz CT molecular complexity index is 633. The number of hydrogen-bond acceptors (Lipinski definition) is 3. The number of rotatable bonds is 2. The van der Waals surface area contributed by atoms with E-state index in [0.717, 1.165) is 0 Å². The molecule has 0 aliphatic carbocycles. The molecule has 0 aliphatic heterocycles. The molecule has 2 aromatic rings. The van der Waals surface area contributed by atoms with Gasteiger partial charge in [0.1, 0.15) is 0 Å². The van der Waals surface area contributed by atoms with Gasteiger partial charge in [-0.05, 0) is 36.4 Å². The maximum atomic E-state index is 8.85. The third-order valence-corrected chi connectivity index (χ3v) is 2.94. The lowest BCUT2D eigenvalue weighted by atomic mass is 10.2. The predicted molar refractivity (Wildman–Crippen MR) is 75.3 cm³/mol. The molecule has 0 aromatic heterocycles. The monoisotopic (exact) mass is 277 g/mol. The lowest BCUT2D eigenvalue weighted by Gasteiger charge is -2.11. The van der Waals surface area contributed by atoms with E-state index in [1.54, 1.807) is 36.4 Å². The van der Waals surface area contributed by atoms with Gasteiger partial charge in [0.2, 0.25) is 0 Å². The molecule has 0 saturated carbocycles. The SMILES string of the molecule is N#Cc1ccc(N)c(Nc2cc(Cl)ccc2Cl)c1. The van der Waals surface area contributed by atoms with Crippen molar-refractivity contribution < 1.29 is 0 Å². The Morgan fingerprint density at radius 2 is 1.83 bits per heavy atom. The van der Waals surface area contributed by atoms with Gasteiger partial charge in [0.25, 0.3) is 0 Å². The van der Waals surface area contributed by atoms with Gasteiger partial charge in [0.15, 0.2) is 0 Å². The zero-order valence-corrected chi connectivity index (χ0v) is 10.8. The zero-order valence-electron chi connectivity index (χ0n) is 9.24. The molecule has 0 amide bonds. The summed E-state index contributed by atoms with van der Waals surface area (Å²) in [5.74, 6) is 0.